The molecule has 1 nitrogen and oxygen atoms in total. The second-order valence-corrected chi connectivity index (χ2v) is 5.59. The number of benzene rings is 2. The zero-order valence-corrected chi connectivity index (χ0v) is 11.5. The largest absolute Gasteiger partial charge is 0.294 e. The molecule has 0 amide bonds. The van der Waals surface area contributed by atoms with Crippen molar-refractivity contribution < 1.29 is 9.18 Å². The highest BCUT2D eigenvalue weighted by Gasteiger charge is 2.25. The number of rotatable bonds is 2. The molecule has 0 saturated carbocycles. The highest BCUT2D eigenvalue weighted by atomic mass is 19.1. The fraction of sp³-hybridized carbons (Fsp3) is 0.278. The molecule has 2 aromatic carbocycles. The summed E-state index contributed by atoms with van der Waals surface area (Å²) in [6.07, 6.45) is 2.55. The maximum absolute atomic E-state index is 13.4. The van der Waals surface area contributed by atoms with Crippen LogP contribution in [0.25, 0.3) is 0 Å². The quantitative estimate of drug-likeness (QED) is 0.749. The number of carbonyl (C=O) groups is 1. The molecular formula is C18H17FO. The van der Waals surface area contributed by atoms with Gasteiger partial charge in [0.2, 0.25) is 0 Å². The summed E-state index contributed by atoms with van der Waals surface area (Å²) < 4.78 is 13.4. The molecule has 0 bridgehead atoms. The molecule has 0 spiro atoms. The molecule has 1 unspecified atom stereocenters. The van der Waals surface area contributed by atoms with Crippen LogP contribution in [-0.2, 0) is 12.8 Å². The van der Waals surface area contributed by atoms with E-state index in [2.05, 4.69) is 12.1 Å². The normalized spacial score (nSPS) is 17.6. The van der Waals surface area contributed by atoms with Crippen LogP contribution in [0, 0.1) is 18.7 Å². The van der Waals surface area contributed by atoms with E-state index in [0.29, 0.717) is 5.56 Å². The average Bonchev–Trinajstić information content (AvgIpc) is 2.45. The summed E-state index contributed by atoms with van der Waals surface area (Å²) in [5.41, 5.74) is 3.90. The van der Waals surface area contributed by atoms with Crippen LogP contribution < -0.4 is 0 Å². The maximum Gasteiger partial charge on any atom is 0.166 e. The first-order valence-electron chi connectivity index (χ1n) is 7.01. The molecular weight excluding hydrogens is 251 g/mol. The molecule has 0 aromatic heterocycles. The maximum atomic E-state index is 13.4. The van der Waals surface area contributed by atoms with Crippen LogP contribution >= 0.6 is 0 Å². The van der Waals surface area contributed by atoms with Crippen molar-refractivity contribution in [2.24, 2.45) is 5.92 Å². The standard InChI is InChI=1S/C18H17FO/c1-12-8-16(11-17(19)9-12)18(20)15-7-6-13-4-2-3-5-14(13)10-15/h2-5,8-9,11,15H,6-7,10H2,1H3. The van der Waals surface area contributed by atoms with Gasteiger partial charge in [-0.3, -0.25) is 4.79 Å². The Morgan fingerprint density at radius 3 is 2.65 bits per heavy atom. The third-order valence-electron chi connectivity index (χ3n) is 4.04. The Hall–Kier alpha value is -1.96. The molecule has 2 heteroatoms. The topological polar surface area (TPSA) is 17.1 Å². The highest BCUT2D eigenvalue weighted by Crippen LogP contribution is 2.28. The van der Waals surface area contributed by atoms with Gasteiger partial charge in [-0.05, 0) is 61.1 Å². The number of halogens is 1. The third kappa shape index (κ3) is 2.51. The van der Waals surface area contributed by atoms with E-state index in [1.165, 1.54) is 23.3 Å². The van der Waals surface area contributed by atoms with E-state index in [1.54, 1.807) is 6.07 Å². The van der Waals surface area contributed by atoms with Gasteiger partial charge in [0.05, 0.1) is 0 Å². The van der Waals surface area contributed by atoms with E-state index in [-0.39, 0.29) is 17.5 Å². The van der Waals surface area contributed by atoms with Crippen LogP contribution in [0.4, 0.5) is 4.39 Å². The number of ketones is 1. The Labute approximate surface area is 118 Å². The number of hydrogen-bond acceptors (Lipinski definition) is 1. The molecule has 0 aliphatic heterocycles. The van der Waals surface area contributed by atoms with E-state index in [1.807, 2.05) is 19.1 Å². The molecule has 1 aliphatic rings. The molecule has 20 heavy (non-hydrogen) atoms. The van der Waals surface area contributed by atoms with Gasteiger partial charge in [-0.25, -0.2) is 4.39 Å². The molecule has 102 valence electrons. The van der Waals surface area contributed by atoms with Gasteiger partial charge in [-0.2, -0.15) is 0 Å². The minimum Gasteiger partial charge on any atom is -0.294 e. The molecule has 1 atom stereocenters. The summed E-state index contributed by atoms with van der Waals surface area (Å²) in [5.74, 6) is -0.280. The molecule has 0 radical (unpaired) electrons. The Morgan fingerprint density at radius 1 is 1.15 bits per heavy atom. The van der Waals surface area contributed by atoms with Crippen molar-refractivity contribution in [3.05, 3.63) is 70.5 Å². The Balaban J connectivity index is 1.86. The summed E-state index contributed by atoms with van der Waals surface area (Å²) in [6.45, 7) is 1.82. The third-order valence-corrected chi connectivity index (χ3v) is 4.04. The fourth-order valence-corrected chi connectivity index (χ4v) is 3.04. The SMILES string of the molecule is Cc1cc(F)cc(C(=O)C2CCc3ccccc3C2)c1. The minimum absolute atomic E-state index is 0.0221. The van der Waals surface area contributed by atoms with Crippen molar-refractivity contribution in [3.63, 3.8) is 0 Å². The minimum atomic E-state index is -0.329. The smallest absolute Gasteiger partial charge is 0.166 e. The molecule has 0 saturated heterocycles. The lowest BCUT2D eigenvalue weighted by atomic mass is 9.80. The molecule has 3 rings (SSSR count). The van der Waals surface area contributed by atoms with Crippen LogP contribution in [0.5, 0.6) is 0 Å². The van der Waals surface area contributed by atoms with E-state index in [0.717, 1.165) is 24.8 Å². The van der Waals surface area contributed by atoms with Gasteiger partial charge in [-0.15, -0.1) is 0 Å². The van der Waals surface area contributed by atoms with Crippen LogP contribution in [0.1, 0.15) is 33.5 Å². The van der Waals surface area contributed by atoms with Gasteiger partial charge in [0.15, 0.2) is 5.78 Å². The molecule has 0 heterocycles. The first kappa shape index (κ1) is 13.0. The van der Waals surface area contributed by atoms with E-state index in [4.69, 9.17) is 0 Å². The molecule has 1 aliphatic carbocycles. The number of aryl methyl sites for hydroxylation is 2. The monoisotopic (exact) mass is 268 g/mol. The zero-order valence-electron chi connectivity index (χ0n) is 11.5. The number of Topliss-reactive ketones (excluding diaryl/α,β-unsaturated/α-hetero) is 1. The van der Waals surface area contributed by atoms with Crippen LogP contribution in [-0.4, -0.2) is 5.78 Å². The summed E-state index contributed by atoms with van der Waals surface area (Å²) in [4.78, 5) is 12.5. The van der Waals surface area contributed by atoms with E-state index in [9.17, 15) is 9.18 Å². The predicted molar refractivity (Wildman–Crippen MR) is 77.4 cm³/mol. The van der Waals surface area contributed by atoms with Crippen molar-refractivity contribution in [3.8, 4) is 0 Å². The molecule has 2 aromatic rings. The van der Waals surface area contributed by atoms with E-state index < -0.39 is 0 Å². The van der Waals surface area contributed by atoms with Crippen LogP contribution in [0.2, 0.25) is 0 Å². The molecule has 0 fully saturated rings. The summed E-state index contributed by atoms with van der Waals surface area (Å²) in [5, 5.41) is 0. The van der Waals surface area contributed by atoms with Gasteiger partial charge in [-0.1, -0.05) is 24.3 Å². The Kier molecular flexibility index (Phi) is 3.39. The lowest BCUT2D eigenvalue weighted by Crippen LogP contribution is -2.23. The van der Waals surface area contributed by atoms with Gasteiger partial charge in [0.25, 0.3) is 0 Å². The Bertz CT molecular complexity index is 640. The Morgan fingerprint density at radius 2 is 1.90 bits per heavy atom. The van der Waals surface area contributed by atoms with Gasteiger partial charge >= 0.3 is 0 Å². The molecule has 0 N–H and O–H groups in total. The lowest BCUT2D eigenvalue weighted by molar-refractivity contribution is 0.0908. The van der Waals surface area contributed by atoms with Crippen LogP contribution in [0.3, 0.4) is 0 Å². The van der Waals surface area contributed by atoms with Gasteiger partial charge < -0.3 is 0 Å². The van der Waals surface area contributed by atoms with Crippen molar-refractivity contribution in [2.45, 2.75) is 26.2 Å². The summed E-state index contributed by atoms with van der Waals surface area (Å²) in [6, 6.07) is 12.9. The second kappa shape index (κ2) is 5.20. The number of hydrogen-bond donors (Lipinski definition) is 0. The van der Waals surface area contributed by atoms with Crippen LogP contribution in [0.15, 0.2) is 42.5 Å². The summed E-state index contributed by atoms with van der Waals surface area (Å²) >= 11 is 0. The van der Waals surface area contributed by atoms with E-state index >= 15 is 0 Å². The zero-order chi connectivity index (χ0) is 14.1. The number of fused-ring (bicyclic) bond motifs is 1. The van der Waals surface area contributed by atoms with Gasteiger partial charge in [0, 0.05) is 11.5 Å². The first-order chi connectivity index (χ1) is 9.63. The van der Waals surface area contributed by atoms with Crippen molar-refractivity contribution in [1.29, 1.82) is 0 Å². The summed E-state index contributed by atoms with van der Waals surface area (Å²) in [7, 11) is 0. The predicted octanol–water partition coefficient (Wildman–Crippen LogP) is 4.12. The average molecular weight is 268 g/mol. The fourth-order valence-electron chi connectivity index (χ4n) is 3.04. The lowest BCUT2D eigenvalue weighted by Gasteiger charge is -2.23. The van der Waals surface area contributed by atoms with Crippen molar-refractivity contribution in [2.75, 3.05) is 0 Å². The number of carbonyl (C=O) groups excluding carboxylic acids is 1. The second-order valence-electron chi connectivity index (χ2n) is 5.59. The highest BCUT2D eigenvalue weighted by molar-refractivity contribution is 5.98. The van der Waals surface area contributed by atoms with Crippen molar-refractivity contribution in [1.82, 2.24) is 0 Å². The van der Waals surface area contributed by atoms with Crippen molar-refractivity contribution >= 4 is 5.78 Å². The van der Waals surface area contributed by atoms with Gasteiger partial charge in [0.1, 0.15) is 5.82 Å². The first-order valence-corrected chi connectivity index (χ1v) is 7.01.